The normalized spacial score (nSPS) is 18.6. The summed E-state index contributed by atoms with van der Waals surface area (Å²) in [6, 6.07) is -1.03. The third-order valence-electron chi connectivity index (χ3n) is 17.4. The van der Waals surface area contributed by atoms with Crippen LogP contribution in [-0.4, -0.2) is 99.6 Å². The van der Waals surface area contributed by atoms with Crippen LogP contribution in [0.3, 0.4) is 0 Å². The molecule has 0 aromatic heterocycles. The highest BCUT2D eigenvalue weighted by atomic mass is 16.7. The van der Waals surface area contributed by atoms with Crippen molar-refractivity contribution in [2.45, 2.75) is 391 Å². The molecule has 0 aromatic carbocycles. The van der Waals surface area contributed by atoms with Crippen molar-refractivity contribution in [2.24, 2.45) is 0 Å². The third kappa shape index (κ3) is 50.7. The summed E-state index contributed by atoms with van der Waals surface area (Å²) >= 11 is 0. The zero-order chi connectivity index (χ0) is 63.9. The van der Waals surface area contributed by atoms with Gasteiger partial charge in [-0.3, -0.25) is 9.59 Å². The predicted octanol–water partition coefficient (Wildman–Crippen LogP) is 19.5. The van der Waals surface area contributed by atoms with Gasteiger partial charge in [0.15, 0.2) is 12.4 Å². The second-order valence-electron chi connectivity index (χ2n) is 25.7. The molecule has 8 unspecified atom stereocenters. The number of carbonyl (C=O) groups excluding carboxylic acids is 2. The van der Waals surface area contributed by atoms with Crippen molar-refractivity contribution in [1.82, 2.24) is 5.32 Å². The Balaban J connectivity index is 2.54. The van der Waals surface area contributed by atoms with Crippen molar-refractivity contribution in [3.8, 4) is 0 Å². The van der Waals surface area contributed by atoms with Gasteiger partial charge < -0.3 is 45.1 Å². The maximum Gasteiger partial charge on any atom is 0.306 e. The van der Waals surface area contributed by atoms with Gasteiger partial charge in [-0.25, -0.2) is 0 Å². The molecule has 88 heavy (non-hydrogen) atoms. The molecule has 1 aliphatic heterocycles. The van der Waals surface area contributed by atoms with Crippen LogP contribution in [0.25, 0.3) is 0 Å². The highest BCUT2D eigenvalue weighted by molar-refractivity contribution is 5.80. The van der Waals surface area contributed by atoms with E-state index in [-0.39, 0.29) is 13.0 Å². The lowest BCUT2D eigenvalue weighted by Gasteiger charge is -2.41. The predicted molar refractivity (Wildman–Crippen MR) is 370 cm³/mol. The van der Waals surface area contributed by atoms with E-state index in [4.69, 9.17) is 14.2 Å². The summed E-state index contributed by atoms with van der Waals surface area (Å²) in [7, 11) is 0. The molecule has 11 nitrogen and oxygen atoms in total. The fourth-order valence-corrected chi connectivity index (χ4v) is 11.6. The van der Waals surface area contributed by atoms with Gasteiger partial charge in [-0.15, -0.1) is 0 Å². The van der Waals surface area contributed by atoms with Gasteiger partial charge in [0.2, 0.25) is 5.91 Å². The molecular formula is C77H139NO10. The van der Waals surface area contributed by atoms with Crippen LogP contribution in [0.2, 0.25) is 0 Å². The van der Waals surface area contributed by atoms with Gasteiger partial charge in [-0.05, 0) is 70.6 Å². The van der Waals surface area contributed by atoms with Crippen LogP contribution in [0, 0.1) is 0 Å². The van der Waals surface area contributed by atoms with Gasteiger partial charge >= 0.3 is 5.97 Å². The Kier molecular flexibility index (Phi) is 60.6. The molecule has 8 atom stereocenters. The lowest BCUT2D eigenvalue weighted by atomic mass is 9.99. The summed E-state index contributed by atoms with van der Waals surface area (Å²) in [4.78, 5) is 26.7. The number of aliphatic hydroxyl groups is 5. The molecule has 0 aliphatic carbocycles. The molecule has 0 spiro atoms. The molecule has 512 valence electrons. The topological polar surface area (TPSA) is 175 Å². The van der Waals surface area contributed by atoms with E-state index in [2.05, 4.69) is 86.8 Å². The van der Waals surface area contributed by atoms with Gasteiger partial charge in [0.1, 0.15) is 24.4 Å². The lowest BCUT2D eigenvalue weighted by molar-refractivity contribution is -0.305. The van der Waals surface area contributed by atoms with E-state index in [0.717, 1.165) is 103 Å². The number of hydrogen-bond donors (Lipinski definition) is 6. The Labute approximate surface area is 541 Å². The standard InChI is InChI=1S/C77H139NO10/c1-4-7-10-13-16-19-22-25-27-29-31-33-34-35-36-37-39-40-42-44-46-49-52-55-58-61-64-70(81)76(85)78-68(69(80)63-60-57-54-51-48-24-21-18-15-12-9-6-3)67-86-77-75(74(84)73(83)71(66-79)87-77)88-72(82)65-62-59-56-53-50-47-45-43-41-38-32-30-28-26-23-20-17-14-11-8-5-2/h8,11,17,20,26,28,32,38,43,45,60,63,68-71,73-75,77,79-81,83-84H,4-7,9-10,12-16,18-19,21-25,27,29-31,33-37,39-42,44,46-59,61-62,64-67H2,1-3H3,(H,78,85)/b11-8-,20-17-,28-26-,38-32-,45-43-,63-60+. The van der Waals surface area contributed by atoms with Gasteiger partial charge in [-0.1, -0.05) is 338 Å². The summed E-state index contributed by atoms with van der Waals surface area (Å²) in [6.45, 7) is 5.71. The van der Waals surface area contributed by atoms with Gasteiger partial charge in [0, 0.05) is 6.42 Å². The van der Waals surface area contributed by atoms with E-state index < -0.39 is 67.4 Å². The molecule has 1 amide bonds. The second kappa shape index (κ2) is 64.2. The average molecular weight is 1240 g/mol. The van der Waals surface area contributed by atoms with E-state index in [0.29, 0.717) is 19.3 Å². The molecule has 1 rings (SSSR count). The molecule has 1 aliphatic rings. The summed E-state index contributed by atoms with van der Waals surface area (Å²) in [5.74, 6) is -1.20. The van der Waals surface area contributed by atoms with E-state index in [1.54, 1.807) is 6.08 Å². The van der Waals surface area contributed by atoms with E-state index in [1.807, 2.05) is 6.08 Å². The summed E-state index contributed by atoms with van der Waals surface area (Å²) < 4.78 is 17.7. The van der Waals surface area contributed by atoms with Crippen LogP contribution in [-0.2, 0) is 23.8 Å². The van der Waals surface area contributed by atoms with Crippen molar-refractivity contribution in [3.05, 3.63) is 72.9 Å². The Morgan fingerprint density at radius 1 is 0.455 bits per heavy atom. The van der Waals surface area contributed by atoms with Crippen LogP contribution < -0.4 is 5.32 Å². The first-order valence-electron chi connectivity index (χ1n) is 37.2. The van der Waals surface area contributed by atoms with Crippen molar-refractivity contribution in [2.75, 3.05) is 13.2 Å². The number of carbonyl (C=O) groups is 2. The molecule has 0 aromatic rings. The number of ether oxygens (including phenoxy) is 3. The van der Waals surface area contributed by atoms with Crippen molar-refractivity contribution in [1.29, 1.82) is 0 Å². The van der Waals surface area contributed by atoms with Crippen molar-refractivity contribution < 1.29 is 49.3 Å². The molecule has 0 saturated carbocycles. The fraction of sp³-hybridized carbons (Fsp3) is 0.818. The van der Waals surface area contributed by atoms with Gasteiger partial charge in [-0.2, -0.15) is 0 Å². The SMILES string of the molecule is CC/C=C\C/C=C\C/C=C\C/C=C\C/C=C\CCCCCCCC(=O)OC1C(OCC(NC(=O)C(O)CCCCCCCCCCCCCCCCCCCCCCCCCCCC)C(O)/C=C/CCCCCCCCCCCC)OC(CO)C(O)C1O. The largest absolute Gasteiger partial charge is 0.454 e. The molecular weight excluding hydrogens is 1100 g/mol. The smallest absolute Gasteiger partial charge is 0.306 e. The Morgan fingerprint density at radius 2 is 0.818 bits per heavy atom. The Hall–Kier alpha value is -2.90. The number of amides is 1. The van der Waals surface area contributed by atoms with Crippen LogP contribution in [0.5, 0.6) is 0 Å². The molecule has 1 heterocycles. The summed E-state index contributed by atoms with van der Waals surface area (Å²) in [5, 5.41) is 57.3. The number of esters is 1. The first kappa shape index (κ1) is 83.1. The minimum absolute atomic E-state index is 0.100. The van der Waals surface area contributed by atoms with E-state index >= 15 is 0 Å². The minimum Gasteiger partial charge on any atom is -0.454 e. The molecule has 0 bridgehead atoms. The van der Waals surface area contributed by atoms with Gasteiger partial charge in [0.25, 0.3) is 0 Å². The highest BCUT2D eigenvalue weighted by Crippen LogP contribution is 2.26. The molecule has 6 N–H and O–H groups in total. The zero-order valence-electron chi connectivity index (χ0n) is 57.1. The molecule has 1 saturated heterocycles. The highest BCUT2D eigenvalue weighted by Gasteiger charge is 2.47. The monoisotopic (exact) mass is 1240 g/mol. The second-order valence-corrected chi connectivity index (χ2v) is 25.7. The number of aliphatic hydroxyl groups excluding tert-OH is 5. The molecule has 1 fully saturated rings. The molecule has 0 radical (unpaired) electrons. The van der Waals surface area contributed by atoms with Crippen molar-refractivity contribution >= 4 is 11.9 Å². The summed E-state index contributed by atoms with van der Waals surface area (Å²) in [5.41, 5.74) is 0. The lowest BCUT2D eigenvalue weighted by Crippen LogP contribution is -2.61. The third-order valence-corrected chi connectivity index (χ3v) is 17.4. The van der Waals surface area contributed by atoms with Gasteiger partial charge in [0.05, 0.1) is 25.4 Å². The first-order chi connectivity index (χ1) is 43.2. The van der Waals surface area contributed by atoms with Crippen LogP contribution >= 0.6 is 0 Å². The van der Waals surface area contributed by atoms with Crippen LogP contribution in [0.4, 0.5) is 0 Å². The first-order valence-corrected chi connectivity index (χ1v) is 37.2. The summed E-state index contributed by atoms with van der Waals surface area (Å²) in [6.07, 6.45) is 73.8. The Morgan fingerprint density at radius 3 is 1.23 bits per heavy atom. The van der Waals surface area contributed by atoms with Crippen LogP contribution in [0.1, 0.15) is 342 Å². The number of unbranched alkanes of at least 4 members (excludes halogenated alkanes) is 40. The number of nitrogens with one attached hydrogen (secondary N) is 1. The number of rotatable bonds is 64. The number of hydrogen-bond acceptors (Lipinski definition) is 10. The molecule has 11 heteroatoms. The fourth-order valence-electron chi connectivity index (χ4n) is 11.6. The van der Waals surface area contributed by atoms with E-state index in [9.17, 15) is 35.1 Å². The average Bonchev–Trinajstić information content (AvgIpc) is 1.36. The Bertz CT molecular complexity index is 1710. The van der Waals surface area contributed by atoms with Crippen molar-refractivity contribution in [3.63, 3.8) is 0 Å². The van der Waals surface area contributed by atoms with Crippen LogP contribution in [0.15, 0.2) is 72.9 Å². The quantitative estimate of drug-likeness (QED) is 0.0195. The van der Waals surface area contributed by atoms with E-state index in [1.165, 1.54) is 193 Å². The maximum absolute atomic E-state index is 13.5. The maximum atomic E-state index is 13.5. The number of allylic oxidation sites excluding steroid dienone is 11. The zero-order valence-corrected chi connectivity index (χ0v) is 57.1. The minimum atomic E-state index is -1.63.